The molecule has 0 radical (unpaired) electrons. The second-order valence-corrected chi connectivity index (χ2v) is 8.40. The lowest BCUT2D eigenvalue weighted by Gasteiger charge is -2.25. The number of benzene rings is 1. The van der Waals surface area contributed by atoms with E-state index < -0.39 is 29.2 Å². The smallest absolute Gasteiger partial charge is 0.412 e. The molecule has 1 aromatic rings. The number of non-ortho nitro benzene ring substituents is 1. The number of fused-ring (bicyclic) bond motifs is 3. The summed E-state index contributed by atoms with van der Waals surface area (Å²) in [6.45, 7) is 7.79. The summed E-state index contributed by atoms with van der Waals surface area (Å²) in [7, 11) is 0. The van der Waals surface area contributed by atoms with Gasteiger partial charge in [-0.25, -0.2) is 9.59 Å². The van der Waals surface area contributed by atoms with E-state index in [4.69, 9.17) is 14.2 Å². The maximum absolute atomic E-state index is 12.5. The van der Waals surface area contributed by atoms with Gasteiger partial charge in [-0.05, 0) is 50.8 Å². The average Bonchev–Trinajstić information content (AvgIpc) is 3.31. The lowest BCUT2D eigenvalue weighted by molar-refractivity contribution is -0.384. The number of nitro groups is 1. The van der Waals surface area contributed by atoms with Gasteiger partial charge in [0, 0.05) is 29.3 Å². The fraction of sp³-hybridized carbons (Fsp3) is 0.455. The van der Waals surface area contributed by atoms with Gasteiger partial charge in [0.1, 0.15) is 18.3 Å². The predicted octanol–water partition coefficient (Wildman–Crippen LogP) is 3.90. The molecular weight excluding hydrogens is 404 g/mol. The van der Waals surface area contributed by atoms with E-state index in [1.807, 2.05) is 19.9 Å². The number of epoxide rings is 1. The highest BCUT2D eigenvalue weighted by atomic mass is 16.6. The summed E-state index contributed by atoms with van der Waals surface area (Å²) in [5.74, 6) is -0.763. The summed E-state index contributed by atoms with van der Waals surface area (Å²) < 4.78 is 17.1. The molecule has 2 saturated heterocycles. The molecule has 2 fully saturated rings. The van der Waals surface area contributed by atoms with Crippen LogP contribution in [0.25, 0.3) is 0 Å². The van der Waals surface area contributed by atoms with Gasteiger partial charge in [0.15, 0.2) is 0 Å². The molecule has 2 heterocycles. The maximum atomic E-state index is 12.5. The molecule has 0 spiro atoms. The SMILES string of the molecule is C=C1C(=O)O[C@@H]2[C@H]3O[C@]3(C)CCC=C(C)[C@@H](OC(=O)Nc3ccc([N+](=O)[O-])cc3)C[C@@H]12. The topological polar surface area (TPSA) is 120 Å². The van der Waals surface area contributed by atoms with Gasteiger partial charge >= 0.3 is 12.1 Å². The molecule has 0 saturated carbocycles. The summed E-state index contributed by atoms with van der Waals surface area (Å²) in [6, 6.07) is 5.46. The maximum Gasteiger partial charge on any atom is 0.412 e. The van der Waals surface area contributed by atoms with Crippen LogP contribution in [0.3, 0.4) is 0 Å². The first kappa shape index (κ1) is 21.0. The zero-order valence-electron chi connectivity index (χ0n) is 17.3. The summed E-state index contributed by atoms with van der Waals surface area (Å²) in [5.41, 5.74) is 1.20. The third-order valence-electron chi connectivity index (χ3n) is 6.25. The Morgan fingerprint density at radius 2 is 2.06 bits per heavy atom. The highest BCUT2D eigenvalue weighted by Crippen LogP contribution is 2.50. The van der Waals surface area contributed by atoms with Crippen molar-refractivity contribution in [1.29, 1.82) is 0 Å². The van der Waals surface area contributed by atoms with Crippen molar-refractivity contribution in [1.82, 2.24) is 0 Å². The number of anilines is 1. The predicted molar refractivity (Wildman–Crippen MR) is 110 cm³/mol. The number of rotatable bonds is 3. The van der Waals surface area contributed by atoms with Gasteiger partial charge in [-0.1, -0.05) is 12.7 Å². The van der Waals surface area contributed by atoms with E-state index in [1.54, 1.807) is 0 Å². The van der Waals surface area contributed by atoms with Gasteiger partial charge in [0.05, 0.1) is 10.5 Å². The minimum atomic E-state index is -0.691. The number of hydrogen-bond donors (Lipinski definition) is 1. The van der Waals surface area contributed by atoms with Crippen molar-refractivity contribution >= 4 is 23.4 Å². The van der Waals surface area contributed by atoms with Crippen molar-refractivity contribution in [3.05, 3.63) is 58.2 Å². The number of carbonyl (C=O) groups is 2. The minimum absolute atomic E-state index is 0.0743. The molecule has 4 rings (SSSR count). The number of nitrogens with one attached hydrogen (secondary N) is 1. The van der Waals surface area contributed by atoms with Crippen LogP contribution < -0.4 is 5.32 Å². The van der Waals surface area contributed by atoms with Crippen molar-refractivity contribution in [3.8, 4) is 0 Å². The van der Waals surface area contributed by atoms with Crippen molar-refractivity contribution < 1.29 is 28.7 Å². The Bertz CT molecular complexity index is 971. The fourth-order valence-electron chi connectivity index (χ4n) is 4.27. The molecule has 9 heteroatoms. The molecule has 9 nitrogen and oxygen atoms in total. The lowest BCUT2D eigenvalue weighted by atomic mass is 9.83. The number of nitro benzene ring substituents is 1. The lowest BCUT2D eigenvalue weighted by Crippen LogP contribution is -2.33. The quantitative estimate of drug-likeness (QED) is 0.194. The van der Waals surface area contributed by atoms with Crippen LogP contribution in [0.15, 0.2) is 48.1 Å². The zero-order chi connectivity index (χ0) is 22.3. The van der Waals surface area contributed by atoms with Crippen LogP contribution in [-0.2, 0) is 19.0 Å². The molecular formula is C22H24N2O7. The Balaban J connectivity index is 1.49. The Kier molecular flexibility index (Phi) is 5.30. The highest BCUT2D eigenvalue weighted by Gasteiger charge is 2.61. The number of amides is 1. The van der Waals surface area contributed by atoms with E-state index in [9.17, 15) is 19.7 Å². The second kappa shape index (κ2) is 7.81. The number of allylic oxidation sites excluding steroid dienone is 1. The molecule has 31 heavy (non-hydrogen) atoms. The van der Waals surface area contributed by atoms with Gasteiger partial charge in [-0.2, -0.15) is 0 Å². The molecule has 3 aliphatic rings. The Morgan fingerprint density at radius 1 is 1.35 bits per heavy atom. The summed E-state index contributed by atoms with van der Waals surface area (Å²) in [4.78, 5) is 34.9. The molecule has 1 N–H and O–H groups in total. The molecule has 2 aliphatic heterocycles. The Hall–Kier alpha value is -3.20. The van der Waals surface area contributed by atoms with Gasteiger partial charge in [-0.15, -0.1) is 0 Å². The minimum Gasteiger partial charge on any atom is -0.455 e. The number of carbonyl (C=O) groups excluding carboxylic acids is 2. The van der Waals surface area contributed by atoms with Crippen LogP contribution in [-0.4, -0.2) is 40.9 Å². The molecule has 1 aromatic carbocycles. The first-order chi connectivity index (χ1) is 14.7. The first-order valence-corrected chi connectivity index (χ1v) is 10.1. The van der Waals surface area contributed by atoms with E-state index in [2.05, 4.69) is 11.9 Å². The van der Waals surface area contributed by atoms with E-state index >= 15 is 0 Å². The molecule has 0 unspecified atom stereocenters. The number of hydrogen-bond acceptors (Lipinski definition) is 7. The molecule has 5 atom stereocenters. The van der Waals surface area contributed by atoms with E-state index in [0.29, 0.717) is 17.7 Å². The van der Waals surface area contributed by atoms with Crippen molar-refractivity contribution in [2.75, 3.05) is 5.32 Å². The second-order valence-electron chi connectivity index (χ2n) is 8.40. The van der Waals surface area contributed by atoms with Gasteiger partial charge in [0.2, 0.25) is 0 Å². The van der Waals surface area contributed by atoms with Crippen molar-refractivity contribution in [3.63, 3.8) is 0 Å². The van der Waals surface area contributed by atoms with Crippen LogP contribution in [0.4, 0.5) is 16.2 Å². The molecule has 0 aromatic heterocycles. The van der Waals surface area contributed by atoms with Crippen LogP contribution in [0.2, 0.25) is 0 Å². The van der Waals surface area contributed by atoms with E-state index in [0.717, 1.165) is 18.4 Å². The highest BCUT2D eigenvalue weighted by molar-refractivity contribution is 5.91. The van der Waals surface area contributed by atoms with E-state index in [1.165, 1.54) is 24.3 Å². The normalized spacial score (nSPS) is 32.1. The number of esters is 1. The fourth-order valence-corrected chi connectivity index (χ4v) is 4.27. The number of nitrogens with zero attached hydrogens (tertiary/aromatic N) is 1. The largest absolute Gasteiger partial charge is 0.455 e. The van der Waals surface area contributed by atoms with Gasteiger partial charge in [0.25, 0.3) is 5.69 Å². The molecule has 0 bridgehead atoms. The third kappa shape index (κ3) is 4.18. The molecule has 1 aliphatic carbocycles. The Morgan fingerprint density at radius 3 is 2.74 bits per heavy atom. The Labute approximate surface area is 179 Å². The summed E-state index contributed by atoms with van der Waals surface area (Å²) in [6.07, 6.45) is 1.97. The van der Waals surface area contributed by atoms with Gasteiger partial charge in [-0.3, -0.25) is 15.4 Å². The monoisotopic (exact) mass is 428 g/mol. The van der Waals surface area contributed by atoms with Crippen molar-refractivity contribution in [2.24, 2.45) is 5.92 Å². The standard InChI is InChI=1S/C22H24N2O7/c1-12-5-4-10-22(3)19(31-22)18-16(13(2)20(25)30-18)11-17(12)29-21(26)23-14-6-8-15(9-7-14)24(27)28/h5-9,16-19H,2,4,10-11H2,1,3H3,(H,23,26)/t16-,17-,18-,19+,22+/m0/s1. The number of ether oxygens (including phenoxy) is 3. The van der Waals surface area contributed by atoms with Crippen molar-refractivity contribution in [2.45, 2.75) is 57.0 Å². The van der Waals surface area contributed by atoms with Crippen LogP contribution in [0.5, 0.6) is 0 Å². The summed E-state index contributed by atoms with van der Waals surface area (Å²) >= 11 is 0. The average molecular weight is 428 g/mol. The third-order valence-corrected chi connectivity index (χ3v) is 6.25. The van der Waals surface area contributed by atoms with E-state index in [-0.39, 0.29) is 23.3 Å². The molecule has 164 valence electrons. The van der Waals surface area contributed by atoms with Gasteiger partial charge < -0.3 is 14.2 Å². The van der Waals surface area contributed by atoms with Crippen LogP contribution in [0, 0.1) is 16.0 Å². The molecule has 1 amide bonds. The first-order valence-electron chi connectivity index (χ1n) is 10.1. The van der Waals surface area contributed by atoms with Crippen LogP contribution >= 0.6 is 0 Å². The zero-order valence-corrected chi connectivity index (χ0v) is 17.3. The summed E-state index contributed by atoms with van der Waals surface area (Å²) in [5, 5.41) is 13.4. The van der Waals surface area contributed by atoms with Crippen LogP contribution in [0.1, 0.15) is 33.1 Å².